The third-order valence-corrected chi connectivity index (χ3v) is 7.26. The number of nitrogens with one attached hydrogen (secondary N) is 1. The summed E-state index contributed by atoms with van der Waals surface area (Å²) in [5, 5.41) is 1.58. The van der Waals surface area contributed by atoms with Gasteiger partial charge in [0.2, 0.25) is 0 Å². The molecule has 2 aromatic carbocycles. The summed E-state index contributed by atoms with van der Waals surface area (Å²) in [6.45, 7) is 0.248. The van der Waals surface area contributed by atoms with Crippen LogP contribution in [0.5, 0.6) is 0 Å². The molecule has 2 amide bonds. The molecular weight excluding hydrogens is 418 g/mol. The highest BCUT2D eigenvalue weighted by Gasteiger charge is 2.35. The third-order valence-electron chi connectivity index (χ3n) is 4.94. The van der Waals surface area contributed by atoms with Crippen LogP contribution < -0.4 is 5.32 Å². The molecule has 0 radical (unpaired) electrons. The van der Waals surface area contributed by atoms with E-state index in [0.717, 1.165) is 12.1 Å². The minimum atomic E-state index is -3.83. The normalized spacial score (nSPS) is 15.0. The van der Waals surface area contributed by atoms with Gasteiger partial charge in [-0.15, -0.1) is 0 Å². The fourth-order valence-corrected chi connectivity index (χ4v) is 5.24. The first kappa shape index (κ1) is 21.7. The standard InChI is InChI=1S/C20H20F2N2O5S/c1-29-19(25)15-4-2-3-5-18(15)30(27,28)14-8-10-24(11-9-14)20(26)23-17-7-6-13(21)12-16(17)22/h2-7,12,14H,8-11H2,1H3,(H,23,26). The number of amides is 2. The number of ether oxygens (including phenoxy) is 1. The van der Waals surface area contributed by atoms with Gasteiger partial charge in [-0.2, -0.15) is 0 Å². The van der Waals surface area contributed by atoms with E-state index in [4.69, 9.17) is 0 Å². The van der Waals surface area contributed by atoms with Crippen molar-refractivity contribution in [2.75, 3.05) is 25.5 Å². The van der Waals surface area contributed by atoms with Crippen LogP contribution in [0.2, 0.25) is 0 Å². The average Bonchev–Trinajstić information content (AvgIpc) is 2.75. The Morgan fingerprint density at radius 1 is 1.10 bits per heavy atom. The van der Waals surface area contributed by atoms with Crippen LogP contribution in [0.3, 0.4) is 0 Å². The Hall–Kier alpha value is -3.01. The van der Waals surface area contributed by atoms with Gasteiger partial charge in [0, 0.05) is 19.2 Å². The first-order valence-corrected chi connectivity index (χ1v) is 10.7. The largest absolute Gasteiger partial charge is 0.465 e. The topological polar surface area (TPSA) is 92.8 Å². The van der Waals surface area contributed by atoms with E-state index < -0.39 is 38.7 Å². The molecule has 0 atom stereocenters. The molecule has 1 heterocycles. The number of esters is 1. The molecule has 0 unspecified atom stereocenters. The molecule has 7 nitrogen and oxygen atoms in total. The molecule has 10 heteroatoms. The molecule has 0 aliphatic carbocycles. The number of anilines is 1. The molecule has 1 aliphatic heterocycles. The summed E-state index contributed by atoms with van der Waals surface area (Å²) in [4.78, 5) is 25.5. The Bertz CT molecular complexity index is 1070. The van der Waals surface area contributed by atoms with Crippen LogP contribution in [0.25, 0.3) is 0 Å². The van der Waals surface area contributed by atoms with Gasteiger partial charge in [0.25, 0.3) is 0 Å². The number of carbonyl (C=O) groups is 2. The van der Waals surface area contributed by atoms with Gasteiger partial charge in [0.05, 0.1) is 28.5 Å². The predicted molar refractivity (Wildman–Crippen MR) is 105 cm³/mol. The maximum atomic E-state index is 13.7. The molecule has 0 saturated carbocycles. The summed E-state index contributed by atoms with van der Waals surface area (Å²) in [5.74, 6) is -2.41. The first-order valence-electron chi connectivity index (χ1n) is 9.16. The number of urea groups is 1. The summed E-state index contributed by atoms with van der Waals surface area (Å²) >= 11 is 0. The Kier molecular flexibility index (Phi) is 6.35. The predicted octanol–water partition coefficient (Wildman–Crippen LogP) is 3.22. The zero-order valence-corrected chi connectivity index (χ0v) is 16.9. The smallest absolute Gasteiger partial charge is 0.339 e. The number of hydrogen-bond acceptors (Lipinski definition) is 5. The Morgan fingerprint density at radius 2 is 1.77 bits per heavy atom. The highest BCUT2D eigenvalue weighted by Crippen LogP contribution is 2.28. The van der Waals surface area contributed by atoms with Gasteiger partial charge < -0.3 is 15.0 Å². The van der Waals surface area contributed by atoms with E-state index in [-0.39, 0.29) is 42.1 Å². The number of nitrogens with zero attached hydrogens (tertiary/aromatic N) is 1. The highest BCUT2D eigenvalue weighted by molar-refractivity contribution is 7.92. The zero-order valence-electron chi connectivity index (χ0n) is 16.1. The fraction of sp³-hybridized carbons (Fsp3) is 0.300. The lowest BCUT2D eigenvalue weighted by atomic mass is 10.1. The fourth-order valence-electron chi connectivity index (χ4n) is 3.33. The number of carbonyl (C=O) groups excluding carboxylic acids is 2. The van der Waals surface area contributed by atoms with Crippen molar-refractivity contribution in [3.05, 3.63) is 59.7 Å². The average molecular weight is 438 g/mol. The van der Waals surface area contributed by atoms with Crippen LogP contribution in [0.4, 0.5) is 19.3 Å². The summed E-state index contributed by atoms with van der Waals surface area (Å²) in [6.07, 6.45) is 0.300. The maximum Gasteiger partial charge on any atom is 0.339 e. The minimum absolute atomic E-state index is 0.0352. The number of halogens is 2. The molecule has 3 rings (SSSR count). The van der Waals surface area contributed by atoms with Gasteiger partial charge in [0.1, 0.15) is 11.6 Å². The molecule has 160 valence electrons. The number of methoxy groups -OCH3 is 1. The van der Waals surface area contributed by atoms with Crippen LogP contribution in [0.15, 0.2) is 47.4 Å². The molecule has 2 aromatic rings. The van der Waals surface area contributed by atoms with E-state index in [2.05, 4.69) is 10.1 Å². The van der Waals surface area contributed by atoms with Gasteiger partial charge in [-0.3, -0.25) is 0 Å². The lowest BCUT2D eigenvalue weighted by Gasteiger charge is -2.32. The molecule has 30 heavy (non-hydrogen) atoms. The van der Waals surface area contributed by atoms with E-state index in [1.807, 2.05) is 0 Å². The van der Waals surface area contributed by atoms with Crippen molar-refractivity contribution in [3.63, 3.8) is 0 Å². The van der Waals surface area contributed by atoms with Crippen molar-refractivity contribution in [1.82, 2.24) is 4.90 Å². The minimum Gasteiger partial charge on any atom is -0.465 e. The number of rotatable bonds is 4. The third kappa shape index (κ3) is 4.43. The summed E-state index contributed by atoms with van der Waals surface area (Å²) in [5.41, 5.74) is -0.199. The Labute approximate surface area is 172 Å². The van der Waals surface area contributed by atoms with Gasteiger partial charge in [-0.1, -0.05) is 12.1 Å². The van der Waals surface area contributed by atoms with Crippen LogP contribution in [-0.4, -0.2) is 50.8 Å². The maximum absolute atomic E-state index is 13.7. The van der Waals surface area contributed by atoms with Crippen LogP contribution >= 0.6 is 0 Å². The van der Waals surface area contributed by atoms with E-state index in [1.165, 1.54) is 30.2 Å². The van der Waals surface area contributed by atoms with Crippen molar-refractivity contribution in [2.24, 2.45) is 0 Å². The molecule has 1 N–H and O–H groups in total. The van der Waals surface area contributed by atoms with E-state index >= 15 is 0 Å². The SMILES string of the molecule is COC(=O)c1ccccc1S(=O)(=O)C1CCN(C(=O)Nc2ccc(F)cc2F)CC1. The zero-order chi connectivity index (χ0) is 21.9. The summed E-state index contributed by atoms with van der Waals surface area (Å²) < 4.78 is 57.5. The lowest BCUT2D eigenvalue weighted by Crippen LogP contribution is -2.44. The number of likely N-dealkylation sites (tertiary alicyclic amines) is 1. The molecule has 1 aliphatic rings. The number of piperidine rings is 1. The number of sulfone groups is 1. The van der Waals surface area contributed by atoms with Gasteiger partial charge in [-0.05, 0) is 37.1 Å². The van der Waals surface area contributed by atoms with Gasteiger partial charge >= 0.3 is 12.0 Å². The van der Waals surface area contributed by atoms with Crippen molar-refractivity contribution in [2.45, 2.75) is 23.0 Å². The molecule has 0 aromatic heterocycles. The second-order valence-corrected chi connectivity index (χ2v) is 8.97. The molecule has 0 spiro atoms. The van der Waals surface area contributed by atoms with Crippen molar-refractivity contribution in [1.29, 1.82) is 0 Å². The van der Waals surface area contributed by atoms with Crippen molar-refractivity contribution < 1.29 is 31.5 Å². The Morgan fingerprint density at radius 3 is 2.40 bits per heavy atom. The molecule has 0 bridgehead atoms. The van der Waals surface area contributed by atoms with Gasteiger partial charge in [0.15, 0.2) is 9.84 Å². The Balaban J connectivity index is 1.69. The van der Waals surface area contributed by atoms with Gasteiger partial charge in [-0.25, -0.2) is 26.8 Å². The second kappa shape index (κ2) is 8.78. The van der Waals surface area contributed by atoms with Crippen LogP contribution in [0, 0.1) is 11.6 Å². The first-order chi connectivity index (χ1) is 14.2. The number of benzene rings is 2. The number of hydrogen-bond donors (Lipinski definition) is 1. The van der Waals surface area contributed by atoms with Crippen LogP contribution in [0.1, 0.15) is 23.2 Å². The molecule has 1 fully saturated rings. The monoisotopic (exact) mass is 438 g/mol. The molecular formula is C20H20F2N2O5S. The van der Waals surface area contributed by atoms with Crippen molar-refractivity contribution >= 4 is 27.5 Å². The summed E-state index contributed by atoms with van der Waals surface area (Å²) in [7, 11) is -2.65. The van der Waals surface area contributed by atoms with Crippen molar-refractivity contribution in [3.8, 4) is 0 Å². The van der Waals surface area contributed by atoms with E-state index in [1.54, 1.807) is 6.07 Å². The van der Waals surface area contributed by atoms with E-state index in [0.29, 0.717) is 6.07 Å². The second-order valence-electron chi connectivity index (χ2n) is 6.77. The van der Waals surface area contributed by atoms with Crippen LogP contribution in [-0.2, 0) is 14.6 Å². The van der Waals surface area contributed by atoms with E-state index in [9.17, 15) is 26.8 Å². The summed E-state index contributed by atoms with van der Waals surface area (Å²) in [6, 6.07) is 8.02. The lowest BCUT2D eigenvalue weighted by molar-refractivity contribution is 0.0596. The molecule has 1 saturated heterocycles. The highest BCUT2D eigenvalue weighted by atomic mass is 32.2. The quantitative estimate of drug-likeness (QED) is 0.740.